The van der Waals surface area contributed by atoms with Crippen molar-refractivity contribution in [3.05, 3.63) is 18.2 Å². The minimum atomic E-state index is 0.107. The van der Waals surface area contributed by atoms with E-state index in [1.807, 2.05) is 0 Å². The van der Waals surface area contributed by atoms with E-state index in [-0.39, 0.29) is 6.07 Å². The van der Waals surface area contributed by atoms with E-state index >= 15 is 0 Å². The Bertz CT molecular complexity index is 253. The summed E-state index contributed by atoms with van der Waals surface area (Å²) < 4.78 is 15.2. The van der Waals surface area contributed by atoms with Gasteiger partial charge in [-0.2, -0.15) is 0 Å². The summed E-state index contributed by atoms with van der Waals surface area (Å²) in [4.78, 5) is 0. The normalized spacial score (nSPS) is 9.46. The number of rotatable bonds is 4. The van der Waals surface area contributed by atoms with E-state index in [2.05, 4.69) is 0 Å². The van der Waals surface area contributed by atoms with Gasteiger partial charge in [-0.25, -0.2) is 0 Å². The van der Waals surface area contributed by atoms with Crippen molar-refractivity contribution in [1.29, 1.82) is 0 Å². The summed E-state index contributed by atoms with van der Waals surface area (Å²) >= 11 is 5.42. The Morgan fingerprint density at radius 1 is 1.00 bits per heavy atom. The molecule has 0 aliphatic carbocycles. The topological polar surface area (TPSA) is 27.7 Å². The summed E-state index contributed by atoms with van der Waals surface area (Å²) in [6.07, 6.45) is 0. The first-order valence-electron chi connectivity index (χ1n) is 3.72. The first-order chi connectivity index (χ1) is 6.30. The molecule has 0 atom stereocenters. The lowest BCUT2D eigenvalue weighted by Gasteiger charge is -2.07. The van der Waals surface area contributed by atoms with E-state index in [1.54, 1.807) is 32.4 Å². The SMILES string of the molecule is COc1cc(OC)cc(OCCl)c1. The molecule has 1 aromatic rings. The average molecular weight is 203 g/mol. The summed E-state index contributed by atoms with van der Waals surface area (Å²) in [5.41, 5.74) is 0. The molecule has 72 valence electrons. The second kappa shape index (κ2) is 4.82. The summed E-state index contributed by atoms with van der Waals surface area (Å²) in [7, 11) is 3.17. The Balaban J connectivity index is 2.93. The van der Waals surface area contributed by atoms with Crippen LogP contribution in [0.3, 0.4) is 0 Å². The fourth-order valence-corrected chi connectivity index (χ4v) is 1.05. The van der Waals surface area contributed by atoms with Crippen molar-refractivity contribution in [2.24, 2.45) is 0 Å². The van der Waals surface area contributed by atoms with Gasteiger partial charge in [-0.1, -0.05) is 11.6 Å². The van der Waals surface area contributed by atoms with Gasteiger partial charge in [-0.05, 0) is 0 Å². The Labute approximate surface area is 82.2 Å². The van der Waals surface area contributed by atoms with Gasteiger partial charge in [-0.3, -0.25) is 0 Å². The van der Waals surface area contributed by atoms with Crippen LogP contribution in [0.25, 0.3) is 0 Å². The van der Waals surface area contributed by atoms with Crippen molar-refractivity contribution in [3.63, 3.8) is 0 Å². The summed E-state index contributed by atoms with van der Waals surface area (Å²) in [6, 6.07) is 5.35. The van der Waals surface area contributed by atoms with Crippen molar-refractivity contribution < 1.29 is 14.2 Å². The van der Waals surface area contributed by atoms with E-state index in [1.165, 1.54) is 0 Å². The molecule has 0 unspecified atom stereocenters. The van der Waals surface area contributed by atoms with Gasteiger partial charge in [-0.15, -0.1) is 0 Å². The monoisotopic (exact) mass is 202 g/mol. The molecular weight excluding hydrogens is 192 g/mol. The molecular formula is C9H11ClO3. The minimum Gasteiger partial charge on any atom is -0.496 e. The molecule has 1 rings (SSSR count). The predicted molar refractivity (Wildman–Crippen MR) is 50.9 cm³/mol. The largest absolute Gasteiger partial charge is 0.496 e. The van der Waals surface area contributed by atoms with E-state index in [9.17, 15) is 0 Å². The third-order valence-electron chi connectivity index (χ3n) is 1.55. The first kappa shape index (κ1) is 9.99. The van der Waals surface area contributed by atoms with Gasteiger partial charge in [0, 0.05) is 18.2 Å². The molecule has 0 aromatic heterocycles. The van der Waals surface area contributed by atoms with Crippen molar-refractivity contribution in [3.8, 4) is 17.2 Å². The number of benzene rings is 1. The Morgan fingerprint density at radius 3 is 1.85 bits per heavy atom. The van der Waals surface area contributed by atoms with Crippen LogP contribution in [0.2, 0.25) is 0 Å². The lowest BCUT2D eigenvalue weighted by molar-refractivity contribution is 0.364. The lowest BCUT2D eigenvalue weighted by atomic mass is 10.3. The highest BCUT2D eigenvalue weighted by Crippen LogP contribution is 2.27. The fraction of sp³-hybridized carbons (Fsp3) is 0.333. The van der Waals surface area contributed by atoms with Crippen LogP contribution in [-0.4, -0.2) is 20.3 Å². The zero-order valence-corrected chi connectivity index (χ0v) is 8.30. The van der Waals surface area contributed by atoms with Gasteiger partial charge in [0.1, 0.15) is 17.2 Å². The second-order valence-electron chi connectivity index (χ2n) is 2.30. The first-order valence-corrected chi connectivity index (χ1v) is 4.25. The number of ether oxygens (including phenoxy) is 3. The van der Waals surface area contributed by atoms with Crippen molar-refractivity contribution in [2.75, 3.05) is 20.3 Å². The molecule has 0 aliphatic heterocycles. The van der Waals surface area contributed by atoms with Crippen LogP contribution in [0.5, 0.6) is 17.2 Å². The number of alkyl halides is 1. The van der Waals surface area contributed by atoms with E-state index in [0.29, 0.717) is 17.2 Å². The predicted octanol–water partition coefficient (Wildman–Crippen LogP) is 2.28. The lowest BCUT2D eigenvalue weighted by Crippen LogP contribution is -1.92. The Morgan fingerprint density at radius 2 is 1.46 bits per heavy atom. The third-order valence-corrected chi connectivity index (χ3v) is 1.66. The average Bonchev–Trinajstić information content (AvgIpc) is 2.17. The molecule has 0 fully saturated rings. The van der Waals surface area contributed by atoms with E-state index in [0.717, 1.165) is 0 Å². The van der Waals surface area contributed by atoms with Crippen LogP contribution in [0.4, 0.5) is 0 Å². The second-order valence-corrected chi connectivity index (χ2v) is 2.52. The number of halogens is 1. The summed E-state index contributed by atoms with van der Waals surface area (Å²) in [6.45, 7) is 0. The molecule has 0 spiro atoms. The van der Waals surface area contributed by atoms with Crippen LogP contribution < -0.4 is 14.2 Å². The van der Waals surface area contributed by atoms with Gasteiger partial charge in [0.2, 0.25) is 0 Å². The fourth-order valence-electron chi connectivity index (χ4n) is 0.928. The Kier molecular flexibility index (Phi) is 3.71. The zero-order chi connectivity index (χ0) is 9.68. The van der Waals surface area contributed by atoms with Gasteiger partial charge >= 0.3 is 0 Å². The van der Waals surface area contributed by atoms with E-state index in [4.69, 9.17) is 25.8 Å². The molecule has 4 heteroatoms. The molecule has 0 bridgehead atoms. The van der Waals surface area contributed by atoms with Crippen LogP contribution in [0, 0.1) is 0 Å². The van der Waals surface area contributed by atoms with Gasteiger partial charge in [0.05, 0.1) is 14.2 Å². The number of hydrogen-bond acceptors (Lipinski definition) is 3. The third kappa shape index (κ3) is 2.70. The highest BCUT2D eigenvalue weighted by Gasteiger charge is 2.01. The maximum absolute atomic E-state index is 5.42. The quantitative estimate of drug-likeness (QED) is 0.702. The molecule has 0 amide bonds. The van der Waals surface area contributed by atoms with Crippen molar-refractivity contribution >= 4 is 11.6 Å². The van der Waals surface area contributed by atoms with E-state index < -0.39 is 0 Å². The van der Waals surface area contributed by atoms with Crippen LogP contribution >= 0.6 is 11.6 Å². The van der Waals surface area contributed by atoms with Crippen LogP contribution in [-0.2, 0) is 0 Å². The maximum atomic E-state index is 5.42. The van der Waals surface area contributed by atoms with Crippen molar-refractivity contribution in [1.82, 2.24) is 0 Å². The molecule has 1 aromatic carbocycles. The molecule has 0 saturated heterocycles. The molecule has 0 heterocycles. The maximum Gasteiger partial charge on any atom is 0.162 e. The highest BCUT2D eigenvalue weighted by molar-refractivity contribution is 6.17. The summed E-state index contributed by atoms with van der Waals surface area (Å²) in [5, 5.41) is 0. The standard InChI is InChI=1S/C9H11ClO3/c1-11-7-3-8(12-2)5-9(4-7)13-6-10/h3-5H,6H2,1-2H3. The smallest absolute Gasteiger partial charge is 0.162 e. The molecule has 0 saturated carbocycles. The van der Waals surface area contributed by atoms with Crippen molar-refractivity contribution in [2.45, 2.75) is 0 Å². The summed E-state index contributed by atoms with van der Waals surface area (Å²) in [5.74, 6) is 1.99. The molecule has 0 N–H and O–H groups in total. The van der Waals surface area contributed by atoms with Crippen LogP contribution in [0.1, 0.15) is 0 Å². The molecule has 0 radical (unpaired) electrons. The molecule has 13 heavy (non-hydrogen) atoms. The number of methoxy groups -OCH3 is 2. The zero-order valence-electron chi connectivity index (χ0n) is 7.54. The van der Waals surface area contributed by atoms with Gasteiger partial charge in [0.15, 0.2) is 6.07 Å². The minimum absolute atomic E-state index is 0.107. The number of hydrogen-bond donors (Lipinski definition) is 0. The Hall–Kier alpha value is -1.09. The molecule has 0 aliphatic rings. The van der Waals surface area contributed by atoms with Crippen LogP contribution in [0.15, 0.2) is 18.2 Å². The molecule has 3 nitrogen and oxygen atoms in total. The van der Waals surface area contributed by atoms with Gasteiger partial charge in [0.25, 0.3) is 0 Å². The highest BCUT2D eigenvalue weighted by atomic mass is 35.5. The van der Waals surface area contributed by atoms with Gasteiger partial charge < -0.3 is 14.2 Å².